The van der Waals surface area contributed by atoms with Crippen molar-refractivity contribution < 1.29 is 12.8 Å². The number of fused-ring (bicyclic) bond motifs is 1. The molecule has 0 saturated heterocycles. The minimum atomic E-state index is -3.92. The summed E-state index contributed by atoms with van der Waals surface area (Å²) in [5.41, 5.74) is 2.97. The number of halogens is 1. The summed E-state index contributed by atoms with van der Waals surface area (Å²) in [5, 5.41) is 5.60. The fourth-order valence-corrected chi connectivity index (χ4v) is 5.47. The summed E-state index contributed by atoms with van der Waals surface area (Å²) in [7, 11) is -3.92. The molecular formula is C23H18ClN3O3S. The Morgan fingerprint density at radius 1 is 1.06 bits per heavy atom. The lowest BCUT2D eigenvalue weighted by Crippen LogP contribution is -2.27. The van der Waals surface area contributed by atoms with Crippen LogP contribution >= 0.6 is 11.6 Å². The van der Waals surface area contributed by atoms with E-state index in [-0.39, 0.29) is 10.0 Å². The van der Waals surface area contributed by atoms with Crippen molar-refractivity contribution in [2.75, 3.05) is 0 Å². The molecule has 6 nitrogen and oxygen atoms in total. The van der Waals surface area contributed by atoms with E-state index >= 15 is 0 Å². The highest BCUT2D eigenvalue weighted by Crippen LogP contribution is 2.40. The second kappa shape index (κ2) is 7.51. The van der Waals surface area contributed by atoms with E-state index in [1.807, 2.05) is 31.2 Å². The van der Waals surface area contributed by atoms with Crippen molar-refractivity contribution in [3.8, 4) is 0 Å². The van der Waals surface area contributed by atoms with E-state index in [9.17, 15) is 8.42 Å². The molecule has 156 valence electrons. The van der Waals surface area contributed by atoms with E-state index in [0.717, 1.165) is 20.9 Å². The first kappa shape index (κ1) is 19.8. The Morgan fingerprint density at radius 2 is 1.87 bits per heavy atom. The molecule has 5 rings (SSSR count). The van der Waals surface area contributed by atoms with Crippen molar-refractivity contribution in [1.82, 2.24) is 9.40 Å². The Kier molecular flexibility index (Phi) is 4.79. The quantitative estimate of drug-likeness (QED) is 0.393. The number of pyridine rings is 1. The van der Waals surface area contributed by atoms with E-state index in [0.29, 0.717) is 23.5 Å². The summed E-state index contributed by atoms with van der Waals surface area (Å²) in [6.45, 7) is 1.99. The number of nitrogens with zero attached hydrogens (tertiary/aromatic N) is 3. The standard InChI is InChI=1S/C23H18ClN3O3S/c1-15-9-10-19-16(12-15)13-18(23(24)25-19)21-14-20(22-8-5-11-30-22)26-27(21)31(28,29)17-6-3-2-4-7-17/h2-13,21H,14H2,1H3. The number of benzene rings is 2. The van der Waals surface area contributed by atoms with Crippen LogP contribution in [0.25, 0.3) is 10.9 Å². The monoisotopic (exact) mass is 451 g/mol. The molecule has 0 spiro atoms. The van der Waals surface area contributed by atoms with Gasteiger partial charge >= 0.3 is 0 Å². The van der Waals surface area contributed by atoms with Gasteiger partial charge in [-0.25, -0.2) is 4.98 Å². The second-order valence-corrected chi connectivity index (χ2v) is 9.55. The second-order valence-electron chi connectivity index (χ2n) is 7.40. The normalized spacial score (nSPS) is 16.6. The van der Waals surface area contributed by atoms with Gasteiger partial charge < -0.3 is 4.42 Å². The lowest BCUT2D eigenvalue weighted by atomic mass is 10.0. The summed E-state index contributed by atoms with van der Waals surface area (Å²) in [6, 6.07) is 18.9. The summed E-state index contributed by atoms with van der Waals surface area (Å²) < 4.78 is 33.6. The van der Waals surface area contributed by atoms with Gasteiger partial charge in [0.1, 0.15) is 16.6 Å². The van der Waals surface area contributed by atoms with Crippen LogP contribution in [-0.2, 0) is 10.0 Å². The van der Waals surface area contributed by atoms with Crippen LogP contribution in [0.4, 0.5) is 0 Å². The largest absolute Gasteiger partial charge is 0.463 e. The molecule has 0 aliphatic carbocycles. The number of aromatic nitrogens is 1. The first-order chi connectivity index (χ1) is 14.9. The SMILES string of the molecule is Cc1ccc2nc(Cl)c(C3CC(c4ccco4)=NN3S(=O)(=O)c3ccccc3)cc2c1. The van der Waals surface area contributed by atoms with Gasteiger partial charge in [-0.15, -0.1) is 0 Å². The summed E-state index contributed by atoms with van der Waals surface area (Å²) in [5.74, 6) is 0.525. The van der Waals surface area contributed by atoms with E-state index < -0.39 is 16.1 Å². The molecule has 1 aliphatic rings. The zero-order valence-electron chi connectivity index (χ0n) is 16.6. The average Bonchev–Trinajstić information content (AvgIpc) is 3.44. The summed E-state index contributed by atoms with van der Waals surface area (Å²) in [4.78, 5) is 4.67. The maximum absolute atomic E-state index is 13.5. The van der Waals surface area contributed by atoms with Crippen molar-refractivity contribution in [2.45, 2.75) is 24.3 Å². The zero-order chi connectivity index (χ0) is 21.6. The van der Waals surface area contributed by atoms with Crippen molar-refractivity contribution in [3.05, 3.63) is 95.0 Å². The Balaban J connectivity index is 1.66. The lowest BCUT2D eigenvalue weighted by Gasteiger charge is -2.24. The smallest absolute Gasteiger partial charge is 0.279 e. The van der Waals surface area contributed by atoms with Crippen molar-refractivity contribution >= 4 is 38.2 Å². The predicted molar refractivity (Wildman–Crippen MR) is 120 cm³/mol. The first-order valence-corrected chi connectivity index (χ1v) is 11.5. The lowest BCUT2D eigenvalue weighted by molar-refractivity contribution is 0.371. The van der Waals surface area contributed by atoms with Gasteiger partial charge in [0.2, 0.25) is 0 Å². The Bertz CT molecular complexity index is 1400. The van der Waals surface area contributed by atoms with Crippen LogP contribution in [0.15, 0.2) is 87.4 Å². The molecule has 1 atom stereocenters. The molecule has 1 unspecified atom stereocenters. The number of sulfonamides is 1. The highest BCUT2D eigenvalue weighted by Gasteiger charge is 2.39. The first-order valence-electron chi connectivity index (χ1n) is 9.71. The molecule has 1 aliphatic heterocycles. The minimum absolute atomic E-state index is 0.158. The van der Waals surface area contributed by atoms with Gasteiger partial charge in [0, 0.05) is 17.4 Å². The molecule has 0 radical (unpaired) electrons. The molecule has 2 aromatic carbocycles. The molecule has 31 heavy (non-hydrogen) atoms. The highest BCUT2D eigenvalue weighted by atomic mass is 35.5. The third kappa shape index (κ3) is 3.49. The Labute approximate surface area is 184 Å². The maximum atomic E-state index is 13.5. The topological polar surface area (TPSA) is 75.8 Å². The van der Waals surface area contributed by atoms with Gasteiger partial charge in [-0.2, -0.15) is 17.9 Å². The molecule has 4 aromatic rings. The average molecular weight is 452 g/mol. The van der Waals surface area contributed by atoms with Crippen LogP contribution in [0, 0.1) is 6.92 Å². The number of aryl methyl sites for hydroxylation is 1. The van der Waals surface area contributed by atoms with Crippen LogP contribution in [-0.4, -0.2) is 23.5 Å². The summed E-state index contributed by atoms with van der Waals surface area (Å²) in [6.07, 6.45) is 1.85. The molecule has 8 heteroatoms. The van der Waals surface area contributed by atoms with Gasteiger partial charge in [-0.05, 0) is 49.4 Å². The number of rotatable bonds is 4. The van der Waals surface area contributed by atoms with Gasteiger partial charge in [0.15, 0.2) is 0 Å². The Morgan fingerprint density at radius 3 is 2.61 bits per heavy atom. The van der Waals surface area contributed by atoms with Gasteiger partial charge in [-0.3, -0.25) is 0 Å². The molecular weight excluding hydrogens is 434 g/mol. The molecule has 0 N–H and O–H groups in total. The third-order valence-electron chi connectivity index (χ3n) is 5.28. The molecule has 0 saturated carbocycles. The molecule has 0 bridgehead atoms. The summed E-state index contributed by atoms with van der Waals surface area (Å²) >= 11 is 6.55. The molecule has 3 heterocycles. The number of hydrogen-bond acceptors (Lipinski definition) is 5. The van der Waals surface area contributed by atoms with Crippen LogP contribution in [0.1, 0.15) is 29.3 Å². The molecule has 0 fully saturated rings. The predicted octanol–water partition coefficient (Wildman–Crippen LogP) is 5.33. The van der Waals surface area contributed by atoms with Crippen LogP contribution in [0.2, 0.25) is 5.15 Å². The molecule has 2 aromatic heterocycles. The van der Waals surface area contributed by atoms with E-state index in [4.69, 9.17) is 16.0 Å². The highest BCUT2D eigenvalue weighted by molar-refractivity contribution is 7.89. The van der Waals surface area contributed by atoms with Crippen LogP contribution in [0.3, 0.4) is 0 Å². The fraction of sp³-hybridized carbons (Fsp3) is 0.130. The Hall–Kier alpha value is -3.16. The fourth-order valence-electron chi connectivity index (χ4n) is 3.76. The number of hydrogen-bond donors (Lipinski definition) is 0. The third-order valence-corrected chi connectivity index (χ3v) is 7.27. The minimum Gasteiger partial charge on any atom is -0.463 e. The van der Waals surface area contributed by atoms with Gasteiger partial charge in [-0.1, -0.05) is 41.4 Å². The molecule has 0 amide bonds. The number of hydrazone groups is 1. The zero-order valence-corrected chi connectivity index (χ0v) is 18.1. The van der Waals surface area contributed by atoms with Crippen LogP contribution in [0.5, 0.6) is 0 Å². The van der Waals surface area contributed by atoms with E-state index in [1.54, 1.807) is 42.5 Å². The van der Waals surface area contributed by atoms with Crippen molar-refractivity contribution in [3.63, 3.8) is 0 Å². The number of furan rings is 1. The van der Waals surface area contributed by atoms with E-state index in [2.05, 4.69) is 10.1 Å². The maximum Gasteiger partial charge on any atom is 0.279 e. The van der Waals surface area contributed by atoms with Crippen LogP contribution < -0.4 is 0 Å². The van der Waals surface area contributed by atoms with Gasteiger partial charge in [0.25, 0.3) is 10.0 Å². The van der Waals surface area contributed by atoms with Gasteiger partial charge in [0.05, 0.1) is 22.7 Å². The van der Waals surface area contributed by atoms with Crippen molar-refractivity contribution in [2.24, 2.45) is 5.10 Å². The van der Waals surface area contributed by atoms with E-state index in [1.165, 1.54) is 6.26 Å². The van der Waals surface area contributed by atoms with Crippen molar-refractivity contribution in [1.29, 1.82) is 0 Å².